The van der Waals surface area contributed by atoms with E-state index in [1.165, 1.54) is 22.9 Å². The summed E-state index contributed by atoms with van der Waals surface area (Å²) in [5, 5.41) is 18.8. The van der Waals surface area contributed by atoms with Gasteiger partial charge in [0.1, 0.15) is 11.9 Å². The average molecular weight is 405 g/mol. The summed E-state index contributed by atoms with van der Waals surface area (Å²) in [5.74, 6) is 0.149. The fraction of sp³-hybridized carbons (Fsp3) is 0.190. The molecule has 1 N–H and O–H groups in total. The third-order valence-electron chi connectivity index (χ3n) is 5.38. The molecule has 0 fully saturated rings. The third-order valence-corrected chi connectivity index (χ3v) is 5.38. The van der Waals surface area contributed by atoms with E-state index in [0.717, 1.165) is 5.70 Å². The lowest BCUT2D eigenvalue weighted by molar-refractivity contribution is -0.384. The first-order valence-corrected chi connectivity index (χ1v) is 9.52. The predicted octanol–water partition coefficient (Wildman–Crippen LogP) is 4.01. The van der Waals surface area contributed by atoms with Crippen molar-refractivity contribution < 1.29 is 14.1 Å². The molecule has 8 nitrogen and oxygen atoms in total. The Morgan fingerprint density at radius 2 is 2.00 bits per heavy atom. The number of hydrogen-bond donors (Lipinski definition) is 1. The Morgan fingerprint density at radius 1 is 1.17 bits per heavy atom. The number of non-ortho nitro benzene ring substituents is 1. The molecule has 1 atom stereocenters. The number of rotatable bonds is 3. The lowest BCUT2D eigenvalue weighted by atomic mass is 9.85. The number of anilines is 1. The van der Waals surface area contributed by atoms with E-state index >= 15 is 0 Å². The number of nitro groups is 1. The van der Waals surface area contributed by atoms with Gasteiger partial charge in [0.05, 0.1) is 4.92 Å². The maximum absolute atomic E-state index is 14.7. The van der Waals surface area contributed by atoms with Crippen LogP contribution in [-0.4, -0.2) is 25.5 Å². The summed E-state index contributed by atoms with van der Waals surface area (Å²) in [4.78, 5) is 27.9. The first-order valence-electron chi connectivity index (χ1n) is 9.52. The molecule has 0 radical (unpaired) electrons. The van der Waals surface area contributed by atoms with Gasteiger partial charge in [0.15, 0.2) is 11.6 Å². The highest BCUT2D eigenvalue weighted by atomic mass is 19.1. The zero-order valence-corrected chi connectivity index (χ0v) is 15.7. The van der Waals surface area contributed by atoms with Crippen molar-refractivity contribution in [2.45, 2.75) is 25.3 Å². The second-order valence-corrected chi connectivity index (χ2v) is 7.23. The first kappa shape index (κ1) is 18.2. The number of allylic oxidation sites excluding steroid dienone is 2. The lowest BCUT2D eigenvalue weighted by Gasteiger charge is -2.32. The average Bonchev–Trinajstić information content (AvgIpc) is 3.17. The maximum Gasteiger partial charge on any atom is 0.270 e. The molecular formula is C21H16FN5O3. The van der Waals surface area contributed by atoms with E-state index in [9.17, 15) is 19.3 Å². The molecule has 2 heterocycles. The lowest BCUT2D eigenvalue weighted by Crippen LogP contribution is -2.32. The van der Waals surface area contributed by atoms with Gasteiger partial charge in [0.2, 0.25) is 5.95 Å². The number of fused-ring (bicyclic) bond motifs is 1. The van der Waals surface area contributed by atoms with Gasteiger partial charge >= 0.3 is 0 Å². The van der Waals surface area contributed by atoms with Gasteiger partial charge in [-0.1, -0.05) is 30.3 Å². The zero-order chi connectivity index (χ0) is 20.8. The fourth-order valence-corrected chi connectivity index (χ4v) is 4.02. The number of ketones is 1. The summed E-state index contributed by atoms with van der Waals surface area (Å²) in [6.07, 6.45) is 1.76. The van der Waals surface area contributed by atoms with Crippen LogP contribution in [0.1, 0.15) is 30.9 Å². The molecule has 2 aromatic carbocycles. The van der Waals surface area contributed by atoms with Crippen molar-refractivity contribution in [3.05, 3.63) is 81.3 Å². The Kier molecular flexibility index (Phi) is 4.16. The summed E-state index contributed by atoms with van der Waals surface area (Å²) in [6, 6.07) is 11.6. The molecule has 3 aromatic rings. The summed E-state index contributed by atoms with van der Waals surface area (Å²) >= 11 is 0. The van der Waals surface area contributed by atoms with Crippen LogP contribution in [0.15, 0.2) is 59.8 Å². The van der Waals surface area contributed by atoms with Crippen LogP contribution in [0.25, 0.3) is 11.4 Å². The van der Waals surface area contributed by atoms with Gasteiger partial charge in [-0.3, -0.25) is 14.9 Å². The smallest absolute Gasteiger partial charge is 0.270 e. The largest absolute Gasteiger partial charge is 0.328 e. The van der Waals surface area contributed by atoms with Crippen LogP contribution in [0.3, 0.4) is 0 Å². The van der Waals surface area contributed by atoms with Crippen molar-refractivity contribution in [2.75, 3.05) is 5.32 Å². The molecular weight excluding hydrogens is 389 g/mol. The quantitative estimate of drug-likeness (QED) is 0.522. The molecule has 2 aliphatic rings. The van der Waals surface area contributed by atoms with Crippen molar-refractivity contribution in [1.29, 1.82) is 0 Å². The summed E-state index contributed by atoms with van der Waals surface area (Å²) in [5.41, 5.74) is 1.94. The number of halogens is 1. The molecule has 0 amide bonds. The highest BCUT2D eigenvalue weighted by molar-refractivity contribution is 5.99. The summed E-state index contributed by atoms with van der Waals surface area (Å²) in [7, 11) is 0. The molecule has 0 bridgehead atoms. The number of hydrogen-bond acceptors (Lipinski definition) is 6. The van der Waals surface area contributed by atoms with Crippen molar-refractivity contribution in [1.82, 2.24) is 14.8 Å². The first-order chi connectivity index (χ1) is 14.5. The van der Waals surface area contributed by atoms with E-state index in [4.69, 9.17) is 0 Å². The molecule has 9 heteroatoms. The summed E-state index contributed by atoms with van der Waals surface area (Å²) in [6.45, 7) is 0. The molecule has 0 spiro atoms. The van der Waals surface area contributed by atoms with Crippen molar-refractivity contribution in [2.24, 2.45) is 0 Å². The topological polar surface area (TPSA) is 103 Å². The Labute approximate surface area is 170 Å². The normalized spacial score (nSPS) is 17.9. The molecule has 1 aliphatic carbocycles. The zero-order valence-electron chi connectivity index (χ0n) is 15.7. The number of nitrogens with zero attached hydrogens (tertiary/aromatic N) is 4. The van der Waals surface area contributed by atoms with Gasteiger partial charge in [-0.2, -0.15) is 4.98 Å². The van der Waals surface area contributed by atoms with Crippen LogP contribution in [0, 0.1) is 15.9 Å². The molecule has 30 heavy (non-hydrogen) atoms. The number of Topliss-reactive ketones (excluding diaryl/α,β-unsaturated/α-hetero) is 1. The number of carbonyl (C=O) groups excluding carboxylic acids is 1. The van der Waals surface area contributed by atoms with Crippen molar-refractivity contribution in [3.8, 4) is 11.4 Å². The molecule has 150 valence electrons. The van der Waals surface area contributed by atoms with Crippen molar-refractivity contribution in [3.63, 3.8) is 0 Å². The SMILES string of the molecule is O=C1CCCC2=C1C(c1ccccc1F)n1nc(-c3cccc([N+](=O)[O-])c3)nc1N2. The third kappa shape index (κ3) is 2.86. The molecule has 0 saturated heterocycles. The fourth-order valence-electron chi connectivity index (χ4n) is 4.02. The van der Waals surface area contributed by atoms with Gasteiger partial charge < -0.3 is 5.32 Å². The van der Waals surface area contributed by atoms with E-state index < -0.39 is 16.8 Å². The van der Waals surface area contributed by atoms with Crippen LogP contribution in [0.4, 0.5) is 16.0 Å². The van der Waals surface area contributed by atoms with Gasteiger partial charge in [0.25, 0.3) is 5.69 Å². The minimum absolute atomic E-state index is 0.0462. The van der Waals surface area contributed by atoms with Gasteiger partial charge in [-0.25, -0.2) is 9.07 Å². The maximum atomic E-state index is 14.7. The predicted molar refractivity (Wildman–Crippen MR) is 106 cm³/mol. The number of nitro benzene ring substituents is 1. The van der Waals surface area contributed by atoms with Crippen LogP contribution in [-0.2, 0) is 4.79 Å². The standard InChI is InChI=1S/C21H16FN5O3/c22-15-8-2-1-7-14(15)19-18-16(9-4-10-17(18)28)23-21-24-20(25-26(19)21)12-5-3-6-13(11-12)27(29)30/h1-3,5-8,11,19H,4,9-10H2,(H,23,24,25). The summed E-state index contributed by atoms with van der Waals surface area (Å²) < 4.78 is 16.2. The van der Waals surface area contributed by atoms with Gasteiger partial charge in [-0.05, 0) is 18.9 Å². The molecule has 0 saturated carbocycles. The van der Waals surface area contributed by atoms with Crippen LogP contribution in [0.2, 0.25) is 0 Å². The Bertz CT molecular complexity index is 1230. The van der Waals surface area contributed by atoms with Crippen LogP contribution in [0.5, 0.6) is 0 Å². The Morgan fingerprint density at radius 3 is 2.80 bits per heavy atom. The minimum Gasteiger partial charge on any atom is -0.328 e. The Hall–Kier alpha value is -3.88. The Balaban J connectivity index is 1.68. The molecule has 1 aromatic heterocycles. The van der Waals surface area contributed by atoms with E-state index in [1.54, 1.807) is 30.3 Å². The van der Waals surface area contributed by atoms with E-state index in [-0.39, 0.29) is 17.3 Å². The number of benzene rings is 2. The number of carbonyl (C=O) groups is 1. The van der Waals surface area contributed by atoms with Crippen molar-refractivity contribution >= 4 is 17.4 Å². The number of aromatic nitrogens is 3. The molecule has 1 aliphatic heterocycles. The van der Waals surface area contributed by atoms with E-state index in [1.807, 2.05) is 0 Å². The van der Waals surface area contributed by atoms with Crippen LogP contribution < -0.4 is 5.32 Å². The second-order valence-electron chi connectivity index (χ2n) is 7.23. The monoisotopic (exact) mass is 405 g/mol. The highest BCUT2D eigenvalue weighted by Gasteiger charge is 2.38. The van der Waals surface area contributed by atoms with E-state index in [0.29, 0.717) is 41.9 Å². The van der Waals surface area contributed by atoms with Gasteiger partial charge in [0, 0.05) is 41.0 Å². The second kappa shape index (κ2) is 6.87. The van der Waals surface area contributed by atoms with Crippen LogP contribution >= 0.6 is 0 Å². The number of nitrogens with one attached hydrogen (secondary N) is 1. The highest BCUT2D eigenvalue weighted by Crippen LogP contribution is 2.41. The minimum atomic E-state index is -0.745. The van der Waals surface area contributed by atoms with Gasteiger partial charge in [-0.15, -0.1) is 5.10 Å². The van der Waals surface area contributed by atoms with E-state index in [2.05, 4.69) is 15.4 Å². The molecule has 5 rings (SSSR count). The molecule has 1 unspecified atom stereocenters.